The van der Waals surface area contributed by atoms with Crippen molar-refractivity contribution < 1.29 is 22.7 Å². The van der Waals surface area contributed by atoms with Crippen LogP contribution in [0.4, 0.5) is 23.7 Å². The highest BCUT2D eigenvalue weighted by molar-refractivity contribution is 5.91. The molecular formula is C14H15F3N4O2. The minimum atomic E-state index is -3.08. The zero-order valence-electron chi connectivity index (χ0n) is 12.4. The normalized spacial score (nSPS) is 12.1. The van der Waals surface area contributed by atoms with Gasteiger partial charge in [0.2, 0.25) is 0 Å². The van der Waals surface area contributed by atoms with E-state index in [4.69, 9.17) is 0 Å². The molecule has 1 aromatic heterocycles. The van der Waals surface area contributed by atoms with Crippen LogP contribution in [0.1, 0.15) is 18.5 Å². The molecular weight excluding hydrogens is 313 g/mol. The van der Waals surface area contributed by atoms with Crippen molar-refractivity contribution >= 4 is 11.7 Å². The number of carbonyl (C=O) groups is 1. The molecule has 0 radical (unpaired) electrons. The Morgan fingerprint density at radius 2 is 2.13 bits per heavy atom. The van der Waals surface area contributed by atoms with E-state index in [2.05, 4.69) is 20.5 Å². The lowest BCUT2D eigenvalue weighted by molar-refractivity contribution is -0.0494. The van der Waals surface area contributed by atoms with Crippen molar-refractivity contribution in [2.75, 3.05) is 5.32 Å². The minimum absolute atomic E-state index is 0.193. The number of amides is 2. The third kappa shape index (κ3) is 4.63. The number of nitrogens with one attached hydrogen (secondary N) is 2. The smallest absolute Gasteiger partial charge is 0.387 e. The first-order valence-corrected chi connectivity index (χ1v) is 6.65. The summed E-state index contributed by atoms with van der Waals surface area (Å²) in [5, 5.41) is 8.86. The van der Waals surface area contributed by atoms with Crippen LogP contribution < -0.4 is 15.4 Å². The molecule has 2 N–H and O–H groups in total. The number of rotatable bonds is 5. The number of aryl methyl sites for hydroxylation is 1. The highest BCUT2D eigenvalue weighted by Crippen LogP contribution is 2.27. The van der Waals surface area contributed by atoms with Gasteiger partial charge in [0.25, 0.3) is 0 Å². The van der Waals surface area contributed by atoms with Crippen molar-refractivity contribution in [2.24, 2.45) is 7.05 Å². The van der Waals surface area contributed by atoms with Crippen molar-refractivity contribution in [3.63, 3.8) is 0 Å². The quantitative estimate of drug-likeness (QED) is 0.886. The second-order valence-corrected chi connectivity index (χ2v) is 4.79. The zero-order valence-corrected chi connectivity index (χ0v) is 12.4. The number of hydrogen-bond donors (Lipinski definition) is 2. The number of ether oxygens (including phenoxy) is 1. The molecule has 1 heterocycles. The Bertz CT molecular complexity index is 690. The fourth-order valence-electron chi connectivity index (χ4n) is 1.90. The van der Waals surface area contributed by atoms with Crippen molar-refractivity contribution in [1.82, 2.24) is 15.1 Å². The molecule has 0 saturated heterocycles. The number of carbonyl (C=O) groups excluding carboxylic acids is 1. The Kier molecular flexibility index (Phi) is 5.09. The molecule has 0 aliphatic carbocycles. The third-order valence-electron chi connectivity index (χ3n) is 2.98. The van der Waals surface area contributed by atoms with Crippen molar-refractivity contribution in [1.29, 1.82) is 0 Å². The monoisotopic (exact) mass is 328 g/mol. The Morgan fingerprint density at radius 1 is 1.39 bits per heavy atom. The molecule has 2 aromatic rings. The number of urea groups is 1. The van der Waals surface area contributed by atoms with E-state index < -0.39 is 18.5 Å². The van der Waals surface area contributed by atoms with Gasteiger partial charge in [0.1, 0.15) is 11.6 Å². The van der Waals surface area contributed by atoms with Gasteiger partial charge >= 0.3 is 12.6 Å². The maximum absolute atomic E-state index is 13.2. The predicted molar refractivity (Wildman–Crippen MR) is 76.8 cm³/mol. The maximum atomic E-state index is 13.2. The standard InChI is InChI=1S/C14H15F3N4O2/c1-8(9-6-18-21(2)7-9)19-14(22)20-11-5-10(15)3-4-12(11)23-13(16)17/h3-8,13H,1-2H3,(H2,19,20,22)/t8-/m0/s1. The molecule has 0 aliphatic heterocycles. The number of benzene rings is 1. The van der Waals surface area contributed by atoms with Crippen LogP contribution in [0.15, 0.2) is 30.6 Å². The molecule has 0 aliphatic rings. The van der Waals surface area contributed by atoms with Gasteiger partial charge in [-0.05, 0) is 19.1 Å². The second kappa shape index (κ2) is 7.03. The molecule has 1 atom stereocenters. The summed E-state index contributed by atoms with van der Waals surface area (Å²) < 4.78 is 43.7. The summed E-state index contributed by atoms with van der Waals surface area (Å²) in [4.78, 5) is 11.9. The van der Waals surface area contributed by atoms with E-state index in [0.29, 0.717) is 0 Å². The Balaban J connectivity index is 2.06. The maximum Gasteiger partial charge on any atom is 0.387 e. The van der Waals surface area contributed by atoms with Crippen LogP contribution in [-0.4, -0.2) is 22.4 Å². The van der Waals surface area contributed by atoms with Crippen LogP contribution in [0.5, 0.6) is 5.75 Å². The van der Waals surface area contributed by atoms with Gasteiger partial charge in [0, 0.05) is 24.9 Å². The summed E-state index contributed by atoms with van der Waals surface area (Å²) in [5.74, 6) is -1.02. The van der Waals surface area contributed by atoms with Crippen LogP contribution in [0.25, 0.3) is 0 Å². The Labute approximate surface area is 130 Å². The van der Waals surface area contributed by atoms with E-state index in [0.717, 1.165) is 23.8 Å². The van der Waals surface area contributed by atoms with E-state index in [9.17, 15) is 18.0 Å². The molecule has 9 heteroatoms. The van der Waals surface area contributed by atoms with Crippen molar-refractivity contribution in [2.45, 2.75) is 19.6 Å². The Hall–Kier alpha value is -2.71. The molecule has 1 aromatic carbocycles. The van der Waals surface area contributed by atoms with Crippen LogP contribution >= 0.6 is 0 Å². The molecule has 2 rings (SSSR count). The molecule has 124 valence electrons. The topological polar surface area (TPSA) is 68.2 Å². The van der Waals surface area contributed by atoms with Crippen LogP contribution in [-0.2, 0) is 7.05 Å². The number of anilines is 1. The molecule has 23 heavy (non-hydrogen) atoms. The minimum Gasteiger partial charge on any atom is -0.433 e. The molecule has 0 spiro atoms. The first-order chi connectivity index (χ1) is 10.8. The first kappa shape index (κ1) is 16.7. The Morgan fingerprint density at radius 3 is 2.74 bits per heavy atom. The molecule has 6 nitrogen and oxygen atoms in total. The van der Waals surface area contributed by atoms with Crippen LogP contribution in [0.2, 0.25) is 0 Å². The third-order valence-corrected chi connectivity index (χ3v) is 2.98. The van der Waals surface area contributed by atoms with Gasteiger partial charge in [-0.3, -0.25) is 4.68 Å². The first-order valence-electron chi connectivity index (χ1n) is 6.65. The van der Waals surface area contributed by atoms with Gasteiger partial charge in [-0.25, -0.2) is 9.18 Å². The van der Waals surface area contributed by atoms with Crippen molar-refractivity contribution in [3.05, 3.63) is 42.0 Å². The van der Waals surface area contributed by atoms with Gasteiger partial charge in [-0.1, -0.05) is 0 Å². The largest absolute Gasteiger partial charge is 0.433 e. The fraction of sp³-hybridized carbons (Fsp3) is 0.286. The highest BCUT2D eigenvalue weighted by atomic mass is 19.3. The van der Waals surface area contributed by atoms with E-state index in [1.54, 1.807) is 31.0 Å². The van der Waals surface area contributed by atoms with Gasteiger partial charge in [-0.15, -0.1) is 0 Å². The highest BCUT2D eigenvalue weighted by Gasteiger charge is 2.15. The number of alkyl halides is 2. The average Bonchev–Trinajstić information content (AvgIpc) is 2.88. The van der Waals surface area contributed by atoms with E-state index in [1.807, 2.05) is 0 Å². The lowest BCUT2D eigenvalue weighted by Crippen LogP contribution is -2.31. The van der Waals surface area contributed by atoms with Gasteiger partial charge in [-0.2, -0.15) is 13.9 Å². The zero-order chi connectivity index (χ0) is 17.0. The number of hydrogen-bond acceptors (Lipinski definition) is 3. The van der Waals surface area contributed by atoms with Crippen LogP contribution in [0.3, 0.4) is 0 Å². The lowest BCUT2D eigenvalue weighted by Gasteiger charge is -2.15. The predicted octanol–water partition coefficient (Wildman–Crippen LogP) is 3.04. The van der Waals surface area contributed by atoms with E-state index in [-0.39, 0.29) is 17.5 Å². The summed E-state index contributed by atoms with van der Waals surface area (Å²) in [6, 6.07) is 1.80. The number of aromatic nitrogens is 2. The SMILES string of the molecule is C[C@H](NC(=O)Nc1cc(F)ccc1OC(F)F)c1cnn(C)c1. The van der Waals surface area contributed by atoms with Gasteiger partial charge in [0.05, 0.1) is 17.9 Å². The van der Waals surface area contributed by atoms with Crippen LogP contribution in [0, 0.1) is 5.82 Å². The van der Waals surface area contributed by atoms with Gasteiger partial charge < -0.3 is 15.4 Å². The lowest BCUT2D eigenvalue weighted by atomic mass is 10.2. The summed E-state index contributed by atoms with van der Waals surface area (Å²) in [7, 11) is 1.73. The summed E-state index contributed by atoms with van der Waals surface area (Å²) in [5.41, 5.74) is 0.562. The van der Waals surface area contributed by atoms with E-state index in [1.165, 1.54) is 0 Å². The molecule has 0 bridgehead atoms. The van der Waals surface area contributed by atoms with E-state index >= 15 is 0 Å². The fourth-order valence-corrected chi connectivity index (χ4v) is 1.90. The molecule has 0 saturated carbocycles. The molecule has 0 unspecified atom stereocenters. The van der Waals surface area contributed by atoms with Crippen molar-refractivity contribution in [3.8, 4) is 5.75 Å². The number of nitrogens with zero attached hydrogens (tertiary/aromatic N) is 2. The molecule has 2 amide bonds. The average molecular weight is 328 g/mol. The summed E-state index contributed by atoms with van der Waals surface area (Å²) in [6.45, 7) is -1.36. The summed E-state index contributed by atoms with van der Waals surface area (Å²) >= 11 is 0. The number of halogens is 3. The molecule has 0 fully saturated rings. The second-order valence-electron chi connectivity index (χ2n) is 4.79. The summed E-state index contributed by atoms with van der Waals surface area (Å²) in [6.07, 6.45) is 3.30. The van der Waals surface area contributed by atoms with Gasteiger partial charge in [0.15, 0.2) is 0 Å².